The van der Waals surface area contributed by atoms with Crippen LogP contribution in [0.25, 0.3) is 0 Å². The molecule has 0 aromatic heterocycles. The van der Waals surface area contributed by atoms with Gasteiger partial charge in [0.25, 0.3) is 0 Å². The van der Waals surface area contributed by atoms with Gasteiger partial charge in [0.1, 0.15) is 27.2 Å². The average Bonchev–Trinajstić information content (AvgIpc) is 2.95. The van der Waals surface area contributed by atoms with E-state index in [1.807, 2.05) is 41.0 Å². The molecule has 0 radical (unpaired) electrons. The SMILES string of the molecule is C=O.C=O.C=O.C=O.CCCCC(CO)(CO)CO.CCCCC(CO)(CO)CO.[O-]P([O-])[O-].[O-]P([O-])[O-].[W]. The van der Waals surface area contributed by atoms with Gasteiger partial charge in [0.15, 0.2) is 0 Å². The normalized spacial score (nSPS) is 9.03. The van der Waals surface area contributed by atoms with Crippen LogP contribution in [0.2, 0.25) is 0 Å². The van der Waals surface area contributed by atoms with Gasteiger partial charge in [-0.25, -0.2) is 0 Å². The summed E-state index contributed by atoms with van der Waals surface area (Å²) < 4.78 is 0. The summed E-state index contributed by atoms with van der Waals surface area (Å²) in [5.74, 6) is 0. The number of hydrogen-bond acceptors (Lipinski definition) is 16. The van der Waals surface area contributed by atoms with Crippen molar-refractivity contribution in [3.63, 3.8) is 0 Å². The zero-order valence-corrected chi connectivity index (χ0v) is 27.1. The molecule has 19 heteroatoms. The Kier molecular flexibility index (Phi) is 92.2. The van der Waals surface area contributed by atoms with Crippen molar-refractivity contribution in [1.82, 2.24) is 0 Å². The maximum absolute atomic E-state index is 8.88. The van der Waals surface area contributed by atoms with Crippen LogP contribution in [0.3, 0.4) is 0 Å². The van der Waals surface area contributed by atoms with Gasteiger partial charge >= 0.3 is 0 Å². The first-order valence-electron chi connectivity index (χ1n) is 10.4. The summed E-state index contributed by atoms with van der Waals surface area (Å²) in [5.41, 5.74) is -1.31. The summed E-state index contributed by atoms with van der Waals surface area (Å²) >= 11 is 0. The summed E-state index contributed by atoms with van der Waals surface area (Å²) in [6.45, 7) is 11.2. The van der Waals surface area contributed by atoms with Crippen molar-refractivity contribution >= 4 is 44.4 Å². The van der Waals surface area contributed by atoms with Gasteiger partial charge in [-0.2, -0.15) is 0 Å². The van der Waals surface area contributed by atoms with E-state index >= 15 is 0 Å². The van der Waals surface area contributed by atoms with Crippen LogP contribution in [-0.4, -0.2) is 97.4 Å². The van der Waals surface area contributed by atoms with E-state index in [4.69, 9.17) is 79.2 Å². The molecule has 0 spiro atoms. The van der Waals surface area contributed by atoms with Crippen molar-refractivity contribution < 1.29 is 100 Å². The van der Waals surface area contributed by atoms with E-state index in [9.17, 15) is 0 Å². The molecular weight excluding hydrogens is 742 g/mol. The molecule has 0 fully saturated rings. The predicted molar refractivity (Wildman–Crippen MR) is 129 cm³/mol. The van der Waals surface area contributed by atoms with Gasteiger partial charge in [-0.1, -0.05) is 39.5 Å². The van der Waals surface area contributed by atoms with E-state index in [-0.39, 0.29) is 60.7 Å². The Bertz CT molecular complexity index is 324. The topological polar surface area (TPSA) is 328 Å². The Labute approximate surface area is 247 Å². The van der Waals surface area contributed by atoms with Gasteiger partial charge in [0.05, 0.1) is 39.6 Å². The summed E-state index contributed by atoms with van der Waals surface area (Å²) in [6, 6.07) is 0. The largest absolute Gasteiger partial charge is 0.854 e. The molecule has 0 rings (SSSR count). The number of carbonyl (C=O) groups excluding carboxylic acids is 4. The molecule has 0 bridgehead atoms. The van der Waals surface area contributed by atoms with E-state index in [1.54, 1.807) is 0 Å². The smallest absolute Gasteiger partial charge is 0.106 e. The number of rotatable bonds is 12. The van der Waals surface area contributed by atoms with Crippen molar-refractivity contribution in [1.29, 1.82) is 0 Å². The van der Waals surface area contributed by atoms with Crippen molar-refractivity contribution in [3.05, 3.63) is 0 Å². The van der Waals surface area contributed by atoms with Gasteiger partial charge < -0.3 is 96.4 Å². The Balaban J connectivity index is -0.0000000426. The maximum atomic E-state index is 8.88. The van der Waals surface area contributed by atoms with Crippen molar-refractivity contribution in [2.75, 3.05) is 39.6 Å². The third-order valence-corrected chi connectivity index (χ3v) is 4.13. The molecule has 0 aliphatic heterocycles. The zero-order valence-electron chi connectivity index (χ0n) is 22.4. The van der Waals surface area contributed by atoms with Crippen molar-refractivity contribution in [2.45, 2.75) is 52.4 Å². The quantitative estimate of drug-likeness (QED) is 0.100. The summed E-state index contributed by atoms with van der Waals surface area (Å²) in [4.78, 5) is 82.9. The van der Waals surface area contributed by atoms with Crippen LogP contribution >= 0.6 is 17.2 Å². The second-order valence-electron chi connectivity index (χ2n) is 6.60. The average molecular weight is 786 g/mol. The second-order valence-corrected chi connectivity index (χ2v) is 7.50. The molecule has 0 aromatic rings. The fourth-order valence-corrected chi connectivity index (χ4v) is 1.88. The first-order valence-corrected chi connectivity index (χ1v) is 12.6. The molecule has 0 saturated heterocycles. The minimum atomic E-state index is -3.37. The molecule has 0 saturated carbocycles. The zero-order chi connectivity index (χ0) is 32.6. The molecule has 242 valence electrons. The Morgan fingerprint density at radius 3 is 0.692 bits per heavy atom. The molecule has 0 amide bonds. The van der Waals surface area contributed by atoms with E-state index in [0.717, 1.165) is 25.7 Å². The monoisotopic (exact) mass is 786 g/mol. The number of hydrogen-bond donors (Lipinski definition) is 6. The van der Waals surface area contributed by atoms with Gasteiger partial charge in [-0.3, -0.25) is 0 Å². The summed E-state index contributed by atoms with van der Waals surface area (Å²) in [7, 11) is -6.74. The maximum Gasteiger partial charge on any atom is 0.106 e. The van der Waals surface area contributed by atoms with Crippen LogP contribution in [0.4, 0.5) is 0 Å². The molecule has 0 heterocycles. The fraction of sp³-hybridized carbons (Fsp3) is 0.800. The van der Waals surface area contributed by atoms with Gasteiger partial charge in [-0.15, -0.1) is 0 Å². The van der Waals surface area contributed by atoms with Crippen LogP contribution in [0.15, 0.2) is 0 Å². The van der Waals surface area contributed by atoms with Crippen LogP contribution in [0.5, 0.6) is 0 Å². The van der Waals surface area contributed by atoms with Crippen LogP contribution < -0.4 is 29.4 Å². The number of unbranched alkanes of at least 4 members (excludes halogenated alkanes) is 2. The molecule has 0 unspecified atom stereocenters. The molecule has 0 aliphatic rings. The fourth-order valence-electron chi connectivity index (χ4n) is 1.88. The van der Waals surface area contributed by atoms with E-state index in [1.165, 1.54) is 0 Å². The first-order chi connectivity index (χ1) is 17.9. The van der Waals surface area contributed by atoms with Crippen LogP contribution in [-0.2, 0) is 40.2 Å². The van der Waals surface area contributed by atoms with Crippen molar-refractivity contribution in [3.8, 4) is 0 Å². The molecule has 0 aromatic carbocycles. The Morgan fingerprint density at radius 2 is 0.615 bits per heavy atom. The van der Waals surface area contributed by atoms with Crippen LogP contribution in [0.1, 0.15) is 52.4 Å². The van der Waals surface area contributed by atoms with Gasteiger partial charge in [0, 0.05) is 31.9 Å². The van der Waals surface area contributed by atoms with Crippen molar-refractivity contribution in [2.24, 2.45) is 10.8 Å². The Morgan fingerprint density at radius 1 is 0.487 bits per heavy atom. The number of aliphatic hydroxyl groups is 6. The van der Waals surface area contributed by atoms with E-state index in [2.05, 4.69) is 0 Å². The number of aliphatic hydroxyl groups excluding tert-OH is 6. The minimum absolute atomic E-state index is 0. The standard InChI is InChI=1S/2C8H18O3.4CH2O.2O3P.W/c2*1-2-3-4-8(5-9,6-10)7-11;4*1-2;2*1-4(2)3;/h2*9-11H,2-7H2,1H3;4*1H2;;;/q;;;;;;2*-3;. The predicted octanol–water partition coefficient (Wildman–Crippen LogP) is -5.87. The molecule has 6 N–H and O–H groups in total. The molecule has 39 heavy (non-hydrogen) atoms. The van der Waals surface area contributed by atoms with Gasteiger partial charge in [0.2, 0.25) is 0 Å². The van der Waals surface area contributed by atoms with E-state index in [0.29, 0.717) is 12.8 Å². The first kappa shape index (κ1) is 62.4. The van der Waals surface area contributed by atoms with E-state index < -0.39 is 28.0 Å². The summed E-state index contributed by atoms with van der Waals surface area (Å²) in [5, 5.41) is 53.3. The minimum Gasteiger partial charge on any atom is -0.854 e. The summed E-state index contributed by atoms with van der Waals surface area (Å²) in [6.07, 6.45) is 5.27. The molecule has 0 atom stereocenters. The molecule has 0 aliphatic carbocycles. The molecule has 16 nitrogen and oxygen atoms in total. The third kappa shape index (κ3) is 62.7. The third-order valence-electron chi connectivity index (χ3n) is 4.13. The van der Waals surface area contributed by atoms with Crippen LogP contribution in [0, 0.1) is 10.8 Å². The second kappa shape index (κ2) is 57.6. The number of carbonyl (C=O) groups is 4. The Hall–Kier alpha value is -0.252. The van der Waals surface area contributed by atoms with Gasteiger partial charge in [-0.05, 0) is 12.8 Å². The molecular formula is C20H44O16P2W-6.